The molecule has 0 aliphatic carbocycles. The molecule has 0 aliphatic heterocycles. The molecule has 0 aromatic heterocycles. The van der Waals surface area contributed by atoms with Crippen molar-refractivity contribution in [3.63, 3.8) is 0 Å². The molecule has 0 amide bonds. The molecule has 5 heteroatoms. The molecule has 0 spiro atoms. The van der Waals surface area contributed by atoms with E-state index >= 15 is 0 Å². The first-order valence-electron chi connectivity index (χ1n) is 6.80. The number of rotatable bonds is 5. The van der Waals surface area contributed by atoms with Gasteiger partial charge in [0, 0.05) is 27.8 Å². The number of nitro benzene ring substituents is 1. The molecule has 2 aromatic rings. The maximum atomic E-state index is 11.1. The second kappa shape index (κ2) is 6.72. The molecule has 1 unspecified atom stereocenters. The maximum Gasteiger partial charge on any atom is 0.274 e. The van der Waals surface area contributed by atoms with Crippen LogP contribution in [-0.2, 0) is 6.42 Å². The fourth-order valence-corrected chi connectivity index (χ4v) is 2.65. The van der Waals surface area contributed by atoms with Gasteiger partial charge in [-0.05, 0) is 37.1 Å². The minimum absolute atomic E-state index is 0.0644. The molecule has 0 radical (unpaired) electrons. The van der Waals surface area contributed by atoms with Gasteiger partial charge in [-0.3, -0.25) is 10.1 Å². The number of hydrogen-bond donors (Lipinski definition) is 1. The van der Waals surface area contributed by atoms with Crippen molar-refractivity contribution in [2.24, 2.45) is 0 Å². The predicted octanol–water partition coefficient (Wildman–Crippen LogP) is 5.09. The van der Waals surface area contributed by atoms with Gasteiger partial charge in [-0.2, -0.15) is 0 Å². The lowest BCUT2D eigenvalue weighted by Crippen LogP contribution is -2.07. The van der Waals surface area contributed by atoms with E-state index in [2.05, 4.69) is 21.2 Å². The second-order valence-corrected chi connectivity index (χ2v) is 5.79. The standard InChI is InChI=1S/C16H17BrN2O2/c1-3-12-7-8-15(10-16(12)19(20)21)18-11(2)13-5-4-6-14(17)9-13/h4-11,18H,3H2,1-2H3. The summed E-state index contributed by atoms with van der Waals surface area (Å²) < 4.78 is 1.01. The number of halogens is 1. The Morgan fingerprint density at radius 2 is 2.05 bits per heavy atom. The summed E-state index contributed by atoms with van der Waals surface area (Å²) in [5.41, 5.74) is 2.79. The highest BCUT2D eigenvalue weighted by Crippen LogP contribution is 2.27. The quantitative estimate of drug-likeness (QED) is 0.604. The van der Waals surface area contributed by atoms with Gasteiger partial charge in [0.25, 0.3) is 5.69 Å². The third-order valence-electron chi connectivity index (χ3n) is 3.39. The van der Waals surface area contributed by atoms with Crippen LogP contribution in [0.2, 0.25) is 0 Å². The van der Waals surface area contributed by atoms with Crippen LogP contribution in [0.4, 0.5) is 11.4 Å². The molecule has 0 fully saturated rings. The first kappa shape index (κ1) is 15.5. The fourth-order valence-electron chi connectivity index (χ4n) is 2.23. The SMILES string of the molecule is CCc1ccc(NC(C)c2cccc(Br)c2)cc1[N+](=O)[O-]. The van der Waals surface area contributed by atoms with Crippen molar-refractivity contribution in [1.82, 2.24) is 0 Å². The summed E-state index contributed by atoms with van der Waals surface area (Å²) in [4.78, 5) is 10.8. The van der Waals surface area contributed by atoms with E-state index in [0.29, 0.717) is 6.42 Å². The fraction of sp³-hybridized carbons (Fsp3) is 0.250. The summed E-state index contributed by atoms with van der Waals surface area (Å²) in [6, 6.07) is 13.4. The molecular weight excluding hydrogens is 332 g/mol. The Morgan fingerprint density at radius 3 is 2.67 bits per heavy atom. The molecular formula is C16H17BrN2O2. The summed E-state index contributed by atoms with van der Waals surface area (Å²) in [6.45, 7) is 3.95. The molecule has 2 aromatic carbocycles. The average Bonchev–Trinajstić information content (AvgIpc) is 2.47. The minimum Gasteiger partial charge on any atom is -0.378 e. The van der Waals surface area contributed by atoms with Crippen molar-refractivity contribution < 1.29 is 4.92 Å². The molecule has 1 atom stereocenters. The van der Waals surface area contributed by atoms with E-state index < -0.39 is 0 Å². The molecule has 0 saturated carbocycles. The number of benzene rings is 2. The van der Waals surface area contributed by atoms with E-state index in [1.165, 1.54) is 0 Å². The third kappa shape index (κ3) is 3.82. The van der Waals surface area contributed by atoms with Crippen molar-refractivity contribution in [1.29, 1.82) is 0 Å². The molecule has 0 saturated heterocycles. The summed E-state index contributed by atoms with van der Waals surface area (Å²) in [7, 11) is 0. The lowest BCUT2D eigenvalue weighted by molar-refractivity contribution is -0.385. The van der Waals surface area contributed by atoms with E-state index in [9.17, 15) is 10.1 Å². The monoisotopic (exact) mass is 348 g/mol. The maximum absolute atomic E-state index is 11.1. The van der Waals surface area contributed by atoms with Crippen molar-refractivity contribution in [2.45, 2.75) is 26.3 Å². The van der Waals surface area contributed by atoms with Gasteiger partial charge in [-0.1, -0.05) is 41.1 Å². The number of nitrogens with zero attached hydrogens (tertiary/aromatic N) is 1. The van der Waals surface area contributed by atoms with Crippen molar-refractivity contribution >= 4 is 27.3 Å². The molecule has 0 bridgehead atoms. The first-order valence-corrected chi connectivity index (χ1v) is 7.60. The summed E-state index contributed by atoms with van der Waals surface area (Å²) in [5, 5.41) is 14.4. The lowest BCUT2D eigenvalue weighted by Gasteiger charge is -2.16. The molecule has 110 valence electrons. The Bertz CT molecular complexity index is 658. The highest BCUT2D eigenvalue weighted by molar-refractivity contribution is 9.10. The van der Waals surface area contributed by atoms with E-state index in [1.54, 1.807) is 6.07 Å². The van der Waals surface area contributed by atoms with Gasteiger partial charge in [-0.15, -0.1) is 0 Å². The predicted molar refractivity (Wildman–Crippen MR) is 88.7 cm³/mol. The number of nitro groups is 1. The Kier molecular flexibility index (Phi) is 4.96. The van der Waals surface area contributed by atoms with Gasteiger partial charge in [0.05, 0.1) is 4.92 Å². The highest BCUT2D eigenvalue weighted by atomic mass is 79.9. The number of anilines is 1. The van der Waals surface area contributed by atoms with E-state index in [0.717, 1.165) is 21.3 Å². The van der Waals surface area contributed by atoms with Crippen LogP contribution in [0.15, 0.2) is 46.9 Å². The van der Waals surface area contributed by atoms with Gasteiger partial charge < -0.3 is 5.32 Å². The van der Waals surface area contributed by atoms with Gasteiger partial charge in [0.2, 0.25) is 0 Å². The number of hydrogen-bond acceptors (Lipinski definition) is 3. The van der Waals surface area contributed by atoms with Crippen molar-refractivity contribution in [2.75, 3.05) is 5.32 Å². The van der Waals surface area contributed by atoms with Crippen LogP contribution < -0.4 is 5.32 Å². The average molecular weight is 349 g/mol. The Balaban J connectivity index is 2.23. The van der Waals surface area contributed by atoms with Crippen LogP contribution >= 0.6 is 15.9 Å². The van der Waals surface area contributed by atoms with Crippen LogP contribution in [0, 0.1) is 10.1 Å². The van der Waals surface area contributed by atoms with Crippen molar-refractivity contribution in [3.05, 3.63) is 68.2 Å². The van der Waals surface area contributed by atoms with Crippen LogP contribution in [0.3, 0.4) is 0 Å². The van der Waals surface area contributed by atoms with Crippen LogP contribution in [0.25, 0.3) is 0 Å². The Morgan fingerprint density at radius 1 is 1.29 bits per heavy atom. The van der Waals surface area contributed by atoms with Crippen LogP contribution in [-0.4, -0.2) is 4.92 Å². The van der Waals surface area contributed by atoms with Crippen LogP contribution in [0.1, 0.15) is 31.0 Å². The zero-order valence-corrected chi connectivity index (χ0v) is 13.6. The molecule has 1 N–H and O–H groups in total. The second-order valence-electron chi connectivity index (χ2n) is 4.88. The third-order valence-corrected chi connectivity index (χ3v) is 3.89. The largest absolute Gasteiger partial charge is 0.378 e. The van der Waals surface area contributed by atoms with E-state index in [1.807, 2.05) is 50.2 Å². The molecule has 4 nitrogen and oxygen atoms in total. The Hall–Kier alpha value is -1.88. The van der Waals surface area contributed by atoms with E-state index in [4.69, 9.17) is 0 Å². The normalized spacial score (nSPS) is 12.0. The molecule has 0 aliphatic rings. The summed E-state index contributed by atoms with van der Waals surface area (Å²) >= 11 is 3.45. The Labute approximate surface area is 132 Å². The van der Waals surface area contributed by atoms with Crippen molar-refractivity contribution in [3.8, 4) is 0 Å². The zero-order valence-electron chi connectivity index (χ0n) is 12.0. The molecule has 0 heterocycles. The topological polar surface area (TPSA) is 55.2 Å². The van der Waals surface area contributed by atoms with E-state index in [-0.39, 0.29) is 16.7 Å². The number of nitrogens with one attached hydrogen (secondary N) is 1. The molecule has 21 heavy (non-hydrogen) atoms. The lowest BCUT2D eigenvalue weighted by atomic mass is 10.1. The van der Waals surface area contributed by atoms with Gasteiger partial charge in [-0.25, -0.2) is 0 Å². The summed E-state index contributed by atoms with van der Waals surface area (Å²) in [5.74, 6) is 0. The smallest absolute Gasteiger partial charge is 0.274 e. The van der Waals surface area contributed by atoms with Gasteiger partial charge in [0.15, 0.2) is 0 Å². The highest BCUT2D eigenvalue weighted by Gasteiger charge is 2.14. The minimum atomic E-state index is -0.326. The van der Waals surface area contributed by atoms with Gasteiger partial charge in [0.1, 0.15) is 0 Å². The van der Waals surface area contributed by atoms with Gasteiger partial charge >= 0.3 is 0 Å². The molecule has 2 rings (SSSR count). The zero-order chi connectivity index (χ0) is 15.4. The van der Waals surface area contributed by atoms with Crippen LogP contribution in [0.5, 0.6) is 0 Å². The number of aryl methyl sites for hydroxylation is 1. The first-order chi connectivity index (χ1) is 10.0. The summed E-state index contributed by atoms with van der Waals surface area (Å²) in [6.07, 6.45) is 0.651.